The molecule has 31 heavy (non-hydrogen) atoms. The molecule has 2 heterocycles. The van der Waals surface area contributed by atoms with Crippen LogP contribution < -0.4 is 10.2 Å². The molecule has 0 saturated carbocycles. The molecular formula is C22H14FN3O5. The maximum absolute atomic E-state index is 13.6. The molecule has 1 fully saturated rings. The van der Waals surface area contributed by atoms with E-state index in [4.69, 9.17) is 5.11 Å². The third-order valence-corrected chi connectivity index (χ3v) is 4.63. The molecule has 3 aromatic rings. The summed E-state index contributed by atoms with van der Waals surface area (Å²) in [5.41, 5.74) is 0.826. The molecule has 1 aliphatic rings. The number of amides is 4. The molecule has 0 unspecified atom stereocenters. The Morgan fingerprint density at radius 2 is 1.71 bits per heavy atom. The zero-order valence-electron chi connectivity index (χ0n) is 15.8. The molecule has 0 aliphatic carbocycles. The topological polar surface area (TPSA) is 109 Å². The van der Waals surface area contributed by atoms with Crippen LogP contribution in [0, 0.1) is 5.82 Å². The first kappa shape index (κ1) is 19.8. The highest BCUT2D eigenvalue weighted by molar-refractivity contribution is 6.39. The Balaban J connectivity index is 1.72. The van der Waals surface area contributed by atoms with E-state index < -0.39 is 29.6 Å². The van der Waals surface area contributed by atoms with Gasteiger partial charge in [-0.05, 0) is 60.7 Å². The molecule has 9 heteroatoms. The van der Waals surface area contributed by atoms with Crippen LogP contribution in [0.1, 0.15) is 16.1 Å². The minimum Gasteiger partial charge on any atom is -0.478 e. The van der Waals surface area contributed by atoms with Crippen molar-refractivity contribution in [3.05, 3.63) is 89.5 Å². The summed E-state index contributed by atoms with van der Waals surface area (Å²) in [4.78, 5) is 49.2. The number of nitrogens with one attached hydrogen (secondary N) is 1. The second kappa shape index (κ2) is 7.71. The van der Waals surface area contributed by atoms with E-state index in [1.54, 1.807) is 35.0 Å². The van der Waals surface area contributed by atoms with Crippen molar-refractivity contribution in [3.63, 3.8) is 0 Å². The number of aromatic nitrogens is 1. The molecule has 154 valence electrons. The normalized spacial score (nSPS) is 15.3. The van der Waals surface area contributed by atoms with Gasteiger partial charge in [0.1, 0.15) is 11.4 Å². The number of aromatic carboxylic acids is 1. The second-order valence-corrected chi connectivity index (χ2v) is 6.59. The SMILES string of the molecule is O=C1NC(=O)N(c2cccc(F)c2)C(=O)/C1=C\c1cccn1-c1ccc(C(=O)O)cc1. The summed E-state index contributed by atoms with van der Waals surface area (Å²) >= 11 is 0. The van der Waals surface area contributed by atoms with Crippen LogP contribution >= 0.6 is 0 Å². The molecule has 0 bridgehead atoms. The van der Waals surface area contributed by atoms with Gasteiger partial charge in [-0.3, -0.25) is 14.9 Å². The van der Waals surface area contributed by atoms with E-state index in [2.05, 4.69) is 5.32 Å². The summed E-state index contributed by atoms with van der Waals surface area (Å²) < 4.78 is 15.2. The predicted octanol–water partition coefficient (Wildman–Crippen LogP) is 2.98. The van der Waals surface area contributed by atoms with Gasteiger partial charge in [-0.1, -0.05) is 6.07 Å². The summed E-state index contributed by atoms with van der Waals surface area (Å²) in [6, 6.07) is 13.3. The van der Waals surface area contributed by atoms with Crippen LogP contribution in [0.4, 0.5) is 14.9 Å². The lowest BCUT2D eigenvalue weighted by Crippen LogP contribution is -2.54. The minimum atomic E-state index is -1.06. The van der Waals surface area contributed by atoms with Gasteiger partial charge in [-0.15, -0.1) is 0 Å². The number of anilines is 1. The van der Waals surface area contributed by atoms with Gasteiger partial charge in [0.2, 0.25) is 0 Å². The van der Waals surface area contributed by atoms with Gasteiger partial charge >= 0.3 is 12.0 Å². The summed E-state index contributed by atoms with van der Waals surface area (Å²) in [6.45, 7) is 0. The first-order valence-corrected chi connectivity index (χ1v) is 9.03. The molecular weight excluding hydrogens is 405 g/mol. The maximum Gasteiger partial charge on any atom is 0.335 e. The number of imide groups is 2. The van der Waals surface area contributed by atoms with Crippen molar-refractivity contribution >= 4 is 35.6 Å². The van der Waals surface area contributed by atoms with Gasteiger partial charge in [0.15, 0.2) is 0 Å². The Kier molecular flexibility index (Phi) is 4.92. The maximum atomic E-state index is 13.6. The number of carboxylic acid groups (broad SMARTS) is 1. The molecule has 8 nitrogen and oxygen atoms in total. The zero-order valence-corrected chi connectivity index (χ0v) is 15.8. The van der Waals surface area contributed by atoms with Crippen LogP contribution in [0.2, 0.25) is 0 Å². The number of carboxylic acids is 1. The molecule has 1 aromatic heterocycles. The van der Waals surface area contributed by atoms with Gasteiger partial charge < -0.3 is 9.67 Å². The van der Waals surface area contributed by atoms with Gasteiger partial charge in [0, 0.05) is 17.6 Å². The smallest absolute Gasteiger partial charge is 0.335 e. The number of hydrogen-bond donors (Lipinski definition) is 2. The lowest BCUT2D eigenvalue weighted by atomic mass is 10.1. The molecule has 0 atom stereocenters. The van der Waals surface area contributed by atoms with Crippen LogP contribution in [-0.2, 0) is 9.59 Å². The lowest BCUT2D eigenvalue weighted by Gasteiger charge is -2.26. The molecule has 2 N–H and O–H groups in total. The number of rotatable bonds is 4. The van der Waals surface area contributed by atoms with Crippen LogP contribution in [0.15, 0.2) is 72.4 Å². The number of barbiturate groups is 1. The Morgan fingerprint density at radius 3 is 2.39 bits per heavy atom. The summed E-state index contributed by atoms with van der Waals surface area (Å²) in [7, 11) is 0. The van der Waals surface area contributed by atoms with E-state index in [0.29, 0.717) is 16.3 Å². The number of carbonyl (C=O) groups excluding carboxylic acids is 3. The van der Waals surface area contributed by atoms with E-state index >= 15 is 0 Å². The zero-order chi connectivity index (χ0) is 22.1. The van der Waals surface area contributed by atoms with Crippen molar-refractivity contribution in [1.82, 2.24) is 9.88 Å². The van der Waals surface area contributed by atoms with Gasteiger partial charge in [0.25, 0.3) is 11.8 Å². The number of halogens is 1. The van der Waals surface area contributed by atoms with Crippen LogP contribution in [0.5, 0.6) is 0 Å². The quantitative estimate of drug-likeness (QED) is 0.499. The van der Waals surface area contributed by atoms with Crippen LogP contribution in [0.3, 0.4) is 0 Å². The van der Waals surface area contributed by atoms with Crippen LogP contribution in [0.25, 0.3) is 11.8 Å². The minimum absolute atomic E-state index is 0.0134. The Hall–Kier alpha value is -4.53. The lowest BCUT2D eigenvalue weighted by molar-refractivity contribution is -0.122. The first-order valence-electron chi connectivity index (χ1n) is 9.03. The number of hydrogen-bond acceptors (Lipinski definition) is 4. The average Bonchev–Trinajstić information content (AvgIpc) is 3.19. The predicted molar refractivity (Wildman–Crippen MR) is 108 cm³/mol. The molecule has 0 spiro atoms. The van der Waals surface area contributed by atoms with E-state index in [1.807, 2.05) is 0 Å². The summed E-state index contributed by atoms with van der Waals surface area (Å²) in [6.07, 6.45) is 2.98. The van der Waals surface area contributed by atoms with Crippen molar-refractivity contribution in [2.75, 3.05) is 4.90 Å². The molecule has 1 aliphatic heterocycles. The fourth-order valence-corrected chi connectivity index (χ4v) is 3.17. The molecule has 4 rings (SSSR count). The molecule has 4 amide bonds. The standard InChI is InChI=1S/C22H14FN3O5/c23-14-3-1-4-17(11-14)26-20(28)18(19(27)24-22(26)31)12-16-5-2-10-25(16)15-8-6-13(7-9-15)21(29)30/h1-12H,(H,29,30)(H,24,27,31)/b18-12-. The largest absolute Gasteiger partial charge is 0.478 e. The summed E-state index contributed by atoms with van der Waals surface area (Å²) in [5, 5.41) is 11.1. The molecule has 2 aromatic carbocycles. The van der Waals surface area contributed by atoms with E-state index in [-0.39, 0.29) is 16.8 Å². The fourth-order valence-electron chi connectivity index (χ4n) is 3.17. The van der Waals surface area contributed by atoms with Crippen molar-refractivity contribution in [3.8, 4) is 5.69 Å². The van der Waals surface area contributed by atoms with Gasteiger partial charge in [0.05, 0.1) is 11.3 Å². The monoisotopic (exact) mass is 419 g/mol. The Bertz CT molecular complexity index is 1260. The fraction of sp³-hybridized carbons (Fsp3) is 0. The van der Waals surface area contributed by atoms with E-state index in [0.717, 1.165) is 6.07 Å². The number of carbonyl (C=O) groups is 4. The number of nitrogens with zero attached hydrogens (tertiary/aromatic N) is 2. The Labute approximate surface area is 174 Å². The first-order chi connectivity index (χ1) is 14.8. The summed E-state index contributed by atoms with van der Waals surface area (Å²) in [5.74, 6) is -3.47. The van der Waals surface area contributed by atoms with E-state index in [9.17, 15) is 23.6 Å². The van der Waals surface area contributed by atoms with Crippen molar-refractivity contribution < 1.29 is 28.7 Å². The highest BCUT2D eigenvalue weighted by atomic mass is 19.1. The molecule has 1 saturated heterocycles. The van der Waals surface area contributed by atoms with Crippen molar-refractivity contribution in [2.24, 2.45) is 0 Å². The third-order valence-electron chi connectivity index (χ3n) is 4.63. The number of benzene rings is 2. The number of urea groups is 1. The Morgan fingerprint density at radius 1 is 0.968 bits per heavy atom. The van der Waals surface area contributed by atoms with Gasteiger partial charge in [-0.25, -0.2) is 18.9 Å². The van der Waals surface area contributed by atoms with Crippen LogP contribution in [-0.4, -0.2) is 33.5 Å². The average molecular weight is 419 g/mol. The highest BCUT2D eigenvalue weighted by Crippen LogP contribution is 2.23. The highest BCUT2D eigenvalue weighted by Gasteiger charge is 2.37. The van der Waals surface area contributed by atoms with Crippen molar-refractivity contribution in [2.45, 2.75) is 0 Å². The van der Waals surface area contributed by atoms with Gasteiger partial charge in [-0.2, -0.15) is 0 Å². The third kappa shape index (κ3) is 3.71. The van der Waals surface area contributed by atoms with E-state index in [1.165, 1.54) is 36.4 Å². The molecule has 0 radical (unpaired) electrons. The second-order valence-electron chi connectivity index (χ2n) is 6.59. The van der Waals surface area contributed by atoms with Crippen molar-refractivity contribution in [1.29, 1.82) is 0 Å².